The molecule has 0 heterocycles. The van der Waals surface area contributed by atoms with Gasteiger partial charge in [0.15, 0.2) is 0 Å². The van der Waals surface area contributed by atoms with E-state index < -0.39 is 12.3 Å². The van der Waals surface area contributed by atoms with Crippen LogP contribution in [0.2, 0.25) is 0 Å². The monoisotopic (exact) mass is 482 g/mol. The standard InChI is InChI=1S/C31H59FO2/c1-5-7-9-11-12-13-14-15-16-17-18-19-20-22-24-26-29(25-23-21-10-8-6-2)27-30(32)34-31(33)28(3)4/h29-30H,3,5-27H2,1-2,4H3. The number of halogens is 1. The largest absolute Gasteiger partial charge is 0.428 e. The second-order valence-corrected chi connectivity index (χ2v) is 10.6. The summed E-state index contributed by atoms with van der Waals surface area (Å²) < 4.78 is 19.2. The van der Waals surface area contributed by atoms with Gasteiger partial charge in [0.25, 0.3) is 0 Å². The first-order valence-corrected chi connectivity index (χ1v) is 15.0. The SMILES string of the molecule is C=C(C)C(=O)OC(F)CC(CCCCCCC)CCCCCCCCCCCCCCCCC. The van der Waals surface area contributed by atoms with Gasteiger partial charge in [-0.1, -0.05) is 162 Å². The number of unbranched alkanes of at least 4 members (excludes halogenated alkanes) is 18. The minimum atomic E-state index is -1.50. The van der Waals surface area contributed by atoms with Crippen LogP contribution < -0.4 is 0 Å². The van der Waals surface area contributed by atoms with E-state index in [1.54, 1.807) is 6.92 Å². The molecule has 2 unspecified atom stereocenters. The molecule has 34 heavy (non-hydrogen) atoms. The molecule has 0 spiro atoms. The highest BCUT2D eigenvalue weighted by molar-refractivity contribution is 5.86. The van der Waals surface area contributed by atoms with Crippen molar-refractivity contribution in [2.24, 2.45) is 5.92 Å². The van der Waals surface area contributed by atoms with E-state index >= 15 is 0 Å². The topological polar surface area (TPSA) is 26.3 Å². The molecule has 0 aliphatic rings. The number of alkyl halides is 1. The van der Waals surface area contributed by atoms with E-state index in [4.69, 9.17) is 4.74 Å². The van der Waals surface area contributed by atoms with Crippen molar-refractivity contribution in [2.45, 2.75) is 175 Å². The zero-order valence-electron chi connectivity index (χ0n) is 23.3. The zero-order valence-corrected chi connectivity index (χ0v) is 23.3. The minimum absolute atomic E-state index is 0.265. The molecule has 0 saturated heterocycles. The van der Waals surface area contributed by atoms with Gasteiger partial charge in [0.05, 0.1) is 0 Å². The molecule has 0 amide bonds. The summed E-state index contributed by atoms with van der Waals surface area (Å²) in [6, 6.07) is 0. The molecule has 0 aromatic rings. The number of carbonyl (C=O) groups is 1. The van der Waals surface area contributed by atoms with Gasteiger partial charge in [0.1, 0.15) is 0 Å². The van der Waals surface area contributed by atoms with Gasteiger partial charge in [-0.15, -0.1) is 0 Å². The number of hydrogen-bond donors (Lipinski definition) is 0. The number of esters is 1. The lowest BCUT2D eigenvalue weighted by Crippen LogP contribution is -2.18. The third kappa shape index (κ3) is 22.9. The Balaban J connectivity index is 3.85. The van der Waals surface area contributed by atoms with Gasteiger partial charge in [-0.05, 0) is 12.8 Å². The molecule has 0 fully saturated rings. The Morgan fingerprint density at radius 3 is 1.29 bits per heavy atom. The van der Waals surface area contributed by atoms with E-state index in [1.165, 1.54) is 122 Å². The van der Waals surface area contributed by atoms with Gasteiger partial charge in [-0.3, -0.25) is 0 Å². The summed E-state index contributed by atoms with van der Waals surface area (Å²) in [5, 5.41) is 0. The molecule has 2 nitrogen and oxygen atoms in total. The van der Waals surface area contributed by atoms with Crippen LogP contribution in [0.25, 0.3) is 0 Å². The molecule has 0 aliphatic carbocycles. The number of hydrogen-bond acceptors (Lipinski definition) is 2. The van der Waals surface area contributed by atoms with E-state index in [2.05, 4.69) is 20.4 Å². The average Bonchev–Trinajstić information content (AvgIpc) is 2.81. The molecule has 0 radical (unpaired) electrons. The van der Waals surface area contributed by atoms with Gasteiger partial charge in [0, 0.05) is 12.0 Å². The molecule has 0 aromatic carbocycles. The predicted molar refractivity (Wildman–Crippen MR) is 147 cm³/mol. The fraction of sp³-hybridized carbons (Fsp3) is 0.903. The predicted octanol–water partition coefficient (Wildman–Crippen LogP) is 11.0. The average molecular weight is 483 g/mol. The smallest absolute Gasteiger partial charge is 0.335 e. The van der Waals surface area contributed by atoms with Crippen LogP contribution in [0.15, 0.2) is 12.2 Å². The van der Waals surface area contributed by atoms with E-state index in [-0.39, 0.29) is 5.57 Å². The van der Waals surface area contributed by atoms with Crippen LogP contribution in [0.1, 0.15) is 168 Å². The lowest BCUT2D eigenvalue weighted by atomic mass is 9.91. The van der Waals surface area contributed by atoms with Gasteiger partial charge in [-0.2, -0.15) is 0 Å². The molecule has 0 bridgehead atoms. The Kier molecular flexibility index (Phi) is 24.6. The van der Waals surface area contributed by atoms with E-state index in [0.29, 0.717) is 12.3 Å². The van der Waals surface area contributed by atoms with E-state index in [9.17, 15) is 9.18 Å². The van der Waals surface area contributed by atoms with Crippen molar-refractivity contribution in [3.8, 4) is 0 Å². The third-order valence-electron chi connectivity index (χ3n) is 7.03. The van der Waals surface area contributed by atoms with Crippen LogP contribution >= 0.6 is 0 Å². The van der Waals surface area contributed by atoms with E-state index in [1.807, 2.05) is 0 Å². The zero-order chi connectivity index (χ0) is 25.3. The summed E-state index contributed by atoms with van der Waals surface area (Å²) in [6.45, 7) is 9.62. The minimum Gasteiger partial charge on any atom is -0.428 e. The van der Waals surface area contributed by atoms with Crippen molar-refractivity contribution in [2.75, 3.05) is 0 Å². The van der Waals surface area contributed by atoms with Crippen LogP contribution in [-0.2, 0) is 9.53 Å². The second-order valence-electron chi connectivity index (χ2n) is 10.6. The third-order valence-corrected chi connectivity index (χ3v) is 7.03. The van der Waals surface area contributed by atoms with Crippen LogP contribution in [0.4, 0.5) is 4.39 Å². The maximum Gasteiger partial charge on any atom is 0.335 e. The molecule has 0 rings (SSSR count). The van der Waals surface area contributed by atoms with Gasteiger partial charge in [-0.25, -0.2) is 9.18 Å². The van der Waals surface area contributed by atoms with E-state index in [0.717, 1.165) is 19.3 Å². The number of carbonyl (C=O) groups excluding carboxylic acids is 1. The molecule has 0 saturated carbocycles. The Labute approximate surface area is 212 Å². The molecular weight excluding hydrogens is 423 g/mol. The Hall–Kier alpha value is -0.860. The number of ether oxygens (including phenoxy) is 1. The Morgan fingerprint density at radius 1 is 0.647 bits per heavy atom. The molecule has 3 heteroatoms. The maximum absolute atomic E-state index is 14.3. The fourth-order valence-electron chi connectivity index (χ4n) is 4.75. The maximum atomic E-state index is 14.3. The lowest BCUT2D eigenvalue weighted by Gasteiger charge is -2.19. The molecule has 0 N–H and O–H groups in total. The molecule has 202 valence electrons. The lowest BCUT2D eigenvalue weighted by molar-refractivity contribution is -0.154. The van der Waals surface area contributed by atoms with Gasteiger partial charge >= 0.3 is 5.97 Å². The summed E-state index contributed by atoms with van der Waals surface area (Å²) >= 11 is 0. The summed E-state index contributed by atoms with van der Waals surface area (Å²) in [4.78, 5) is 11.6. The highest BCUT2D eigenvalue weighted by Crippen LogP contribution is 2.25. The molecule has 0 aromatic heterocycles. The van der Waals surface area contributed by atoms with Gasteiger partial charge < -0.3 is 4.74 Å². The molecular formula is C31H59FO2. The molecule has 0 aliphatic heterocycles. The highest BCUT2D eigenvalue weighted by Gasteiger charge is 2.19. The second kappa shape index (κ2) is 25.2. The quantitative estimate of drug-likeness (QED) is 0.0696. The van der Waals surface area contributed by atoms with Crippen LogP contribution in [0.5, 0.6) is 0 Å². The van der Waals surface area contributed by atoms with Crippen LogP contribution in [-0.4, -0.2) is 12.3 Å². The Morgan fingerprint density at radius 2 is 0.971 bits per heavy atom. The fourth-order valence-corrected chi connectivity index (χ4v) is 4.75. The van der Waals surface area contributed by atoms with Gasteiger partial charge in [0.2, 0.25) is 6.36 Å². The normalized spacial score (nSPS) is 13.1. The van der Waals surface area contributed by atoms with Crippen molar-refractivity contribution < 1.29 is 13.9 Å². The highest BCUT2D eigenvalue weighted by atomic mass is 19.1. The van der Waals surface area contributed by atoms with Crippen LogP contribution in [0.3, 0.4) is 0 Å². The first kappa shape index (κ1) is 33.1. The van der Waals surface area contributed by atoms with Crippen molar-refractivity contribution in [1.82, 2.24) is 0 Å². The first-order valence-electron chi connectivity index (χ1n) is 15.0. The molecule has 2 atom stereocenters. The first-order chi connectivity index (χ1) is 16.5. The van der Waals surface area contributed by atoms with Crippen molar-refractivity contribution >= 4 is 5.97 Å². The van der Waals surface area contributed by atoms with Crippen molar-refractivity contribution in [3.05, 3.63) is 12.2 Å². The summed E-state index contributed by atoms with van der Waals surface area (Å²) in [5.41, 5.74) is 0.265. The van der Waals surface area contributed by atoms with Crippen LogP contribution in [0, 0.1) is 5.92 Å². The summed E-state index contributed by atoms with van der Waals surface area (Å²) in [6.07, 6.45) is 27.6. The van der Waals surface area contributed by atoms with Crippen molar-refractivity contribution in [1.29, 1.82) is 0 Å². The Bertz CT molecular complexity index is 462. The summed E-state index contributed by atoms with van der Waals surface area (Å²) in [5.74, 6) is -0.294. The number of rotatable bonds is 26. The summed E-state index contributed by atoms with van der Waals surface area (Å²) in [7, 11) is 0. The van der Waals surface area contributed by atoms with Crippen molar-refractivity contribution in [3.63, 3.8) is 0 Å².